The molecule has 5 heteroatoms. The molecule has 0 unspecified atom stereocenters. The number of ether oxygens (including phenoxy) is 1. The van der Waals surface area contributed by atoms with Crippen molar-refractivity contribution in [1.82, 2.24) is 9.97 Å². The van der Waals surface area contributed by atoms with Gasteiger partial charge in [0.1, 0.15) is 11.4 Å². The van der Waals surface area contributed by atoms with E-state index in [1.165, 1.54) is 6.20 Å². The van der Waals surface area contributed by atoms with Gasteiger partial charge in [-0.05, 0) is 6.92 Å². The first-order valence-corrected chi connectivity index (χ1v) is 5.72. The van der Waals surface area contributed by atoms with Gasteiger partial charge < -0.3 is 4.74 Å². The third kappa shape index (κ3) is 2.92. The summed E-state index contributed by atoms with van der Waals surface area (Å²) in [5.74, 6) is 0.645. The smallest absolute Gasteiger partial charge is 0.341 e. The molecule has 0 aromatic carbocycles. The number of nitrogens with zero attached hydrogens (tertiary/aromatic N) is 2. The van der Waals surface area contributed by atoms with Gasteiger partial charge in [-0.25, -0.2) is 14.8 Å². The molecule has 1 aromatic heterocycles. The van der Waals surface area contributed by atoms with Crippen LogP contribution >= 0.6 is 11.6 Å². The summed E-state index contributed by atoms with van der Waals surface area (Å²) in [5, 5.41) is 0. The second-order valence-corrected chi connectivity index (χ2v) is 3.86. The Hall–Kier alpha value is -1.16. The fourth-order valence-corrected chi connectivity index (χ4v) is 1.40. The molecule has 0 saturated heterocycles. The van der Waals surface area contributed by atoms with E-state index in [1.54, 1.807) is 6.92 Å². The van der Waals surface area contributed by atoms with E-state index in [9.17, 15) is 4.79 Å². The number of halogens is 1. The molecule has 0 saturated carbocycles. The van der Waals surface area contributed by atoms with Gasteiger partial charge in [-0.1, -0.05) is 13.8 Å². The van der Waals surface area contributed by atoms with Gasteiger partial charge in [-0.3, -0.25) is 0 Å². The lowest BCUT2D eigenvalue weighted by molar-refractivity contribution is 0.0524. The number of hydrogen-bond donors (Lipinski definition) is 0. The van der Waals surface area contributed by atoms with Crippen LogP contribution in [0.15, 0.2) is 6.20 Å². The second-order valence-electron chi connectivity index (χ2n) is 3.60. The Bertz CT molecular complexity index is 380. The van der Waals surface area contributed by atoms with Gasteiger partial charge in [0, 0.05) is 12.1 Å². The lowest BCUT2D eigenvalue weighted by Crippen LogP contribution is -2.12. The number of carbonyl (C=O) groups excluding carboxylic acids is 1. The first kappa shape index (κ1) is 12.9. The molecular weight excluding hydrogens is 228 g/mol. The summed E-state index contributed by atoms with van der Waals surface area (Å²) in [6.45, 7) is 6.04. The third-order valence-electron chi connectivity index (χ3n) is 2.02. The van der Waals surface area contributed by atoms with Crippen molar-refractivity contribution in [2.75, 3.05) is 6.61 Å². The van der Waals surface area contributed by atoms with E-state index in [1.807, 2.05) is 13.8 Å². The van der Waals surface area contributed by atoms with Gasteiger partial charge in [-0.15, -0.1) is 11.6 Å². The highest BCUT2D eigenvalue weighted by Gasteiger charge is 2.15. The number of aromatic nitrogens is 2. The molecule has 1 heterocycles. The van der Waals surface area contributed by atoms with E-state index in [0.717, 1.165) is 0 Å². The molecule has 0 atom stereocenters. The molecule has 0 spiro atoms. The van der Waals surface area contributed by atoms with E-state index >= 15 is 0 Å². The van der Waals surface area contributed by atoms with Crippen molar-refractivity contribution in [2.45, 2.75) is 32.6 Å². The Morgan fingerprint density at radius 3 is 2.75 bits per heavy atom. The first-order chi connectivity index (χ1) is 7.60. The summed E-state index contributed by atoms with van der Waals surface area (Å²) in [5.41, 5.74) is 0.875. The Morgan fingerprint density at radius 1 is 1.56 bits per heavy atom. The minimum atomic E-state index is -0.423. The molecule has 1 rings (SSSR count). The van der Waals surface area contributed by atoms with Crippen LogP contribution in [-0.4, -0.2) is 22.5 Å². The second kappa shape index (κ2) is 5.80. The summed E-state index contributed by atoms with van der Waals surface area (Å²) in [4.78, 5) is 19.9. The van der Waals surface area contributed by atoms with Crippen molar-refractivity contribution in [1.29, 1.82) is 0 Å². The fourth-order valence-electron chi connectivity index (χ4n) is 1.19. The monoisotopic (exact) mass is 242 g/mol. The third-order valence-corrected chi connectivity index (χ3v) is 2.28. The Kier molecular flexibility index (Phi) is 4.68. The predicted molar refractivity (Wildman–Crippen MR) is 61.6 cm³/mol. The number of carbonyl (C=O) groups is 1. The first-order valence-electron chi connectivity index (χ1n) is 5.19. The van der Waals surface area contributed by atoms with Crippen molar-refractivity contribution in [3.05, 3.63) is 23.3 Å². The van der Waals surface area contributed by atoms with Crippen LogP contribution in [0.2, 0.25) is 0 Å². The molecule has 1 aromatic rings. The van der Waals surface area contributed by atoms with E-state index in [4.69, 9.17) is 16.3 Å². The average molecular weight is 243 g/mol. The molecule has 0 N–H and O–H groups in total. The van der Waals surface area contributed by atoms with Crippen molar-refractivity contribution < 1.29 is 9.53 Å². The van der Waals surface area contributed by atoms with Crippen molar-refractivity contribution in [3.63, 3.8) is 0 Å². The van der Waals surface area contributed by atoms with Crippen LogP contribution in [0, 0.1) is 0 Å². The molecule has 0 radical (unpaired) electrons. The molecule has 0 aliphatic carbocycles. The molecule has 0 aliphatic heterocycles. The van der Waals surface area contributed by atoms with Crippen LogP contribution in [-0.2, 0) is 10.6 Å². The van der Waals surface area contributed by atoms with E-state index in [-0.39, 0.29) is 11.8 Å². The van der Waals surface area contributed by atoms with Crippen molar-refractivity contribution in [2.24, 2.45) is 0 Å². The quantitative estimate of drug-likeness (QED) is 0.601. The maximum Gasteiger partial charge on any atom is 0.341 e. The molecule has 0 bridgehead atoms. The van der Waals surface area contributed by atoms with Crippen LogP contribution in [0.3, 0.4) is 0 Å². The summed E-state index contributed by atoms with van der Waals surface area (Å²) < 4.78 is 4.89. The number of esters is 1. The van der Waals surface area contributed by atoms with E-state index < -0.39 is 5.97 Å². The van der Waals surface area contributed by atoms with Crippen LogP contribution in [0.4, 0.5) is 0 Å². The Balaban J connectivity index is 3.06. The van der Waals surface area contributed by atoms with Gasteiger partial charge >= 0.3 is 5.97 Å². The van der Waals surface area contributed by atoms with Crippen molar-refractivity contribution >= 4 is 17.6 Å². The van der Waals surface area contributed by atoms with E-state index in [2.05, 4.69) is 9.97 Å². The van der Waals surface area contributed by atoms with Gasteiger partial charge in [-0.2, -0.15) is 0 Å². The zero-order valence-corrected chi connectivity index (χ0v) is 10.4. The van der Waals surface area contributed by atoms with Crippen molar-refractivity contribution in [3.8, 4) is 0 Å². The van der Waals surface area contributed by atoms with Crippen LogP contribution in [0.5, 0.6) is 0 Å². The van der Waals surface area contributed by atoms with Gasteiger partial charge in [0.2, 0.25) is 0 Å². The van der Waals surface area contributed by atoms with Crippen LogP contribution < -0.4 is 0 Å². The number of alkyl halides is 1. The molecule has 4 nitrogen and oxygen atoms in total. The molecule has 88 valence electrons. The average Bonchev–Trinajstić information content (AvgIpc) is 2.28. The highest BCUT2D eigenvalue weighted by molar-refractivity contribution is 6.17. The molecule has 0 amide bonds. The molecule has 16 heavy (non-hydrogen) atoms. The van der Waals surface area contributed by atoms with Gasteiger partial charge in [0.15, 0.2) is 0 Å². The summed E-state index contributed by atoms with van der Waals surface area (Å²) in [7, 11) is 0. The Labute approximate surface area is 100 Å². The number of hydrogen-bond acceptors (Lipinski definition) is 4. The summed E-state index contributed by atoms with van der Waals surface area (Å²) in [6.07, 6.45) is 1.48. The zero-order valence-electron chi connectivity index (χ0n) is 9.66. The lowest BCUT2D eigenvalue weighted by Gasteiger charge is -2.09. The summed E-state index contributed by atoms with van der Waals surface area (Å²) >= 11 is 5.75. The van der Waals surface area contributed by atoms with Gasteiger partial charge in [0.05, 0.1) is 18.2 Å². The standard InChI is InChI=1S/C11H15ClN2O2/c1-4-16-11(15)8-6-13-10(7(2)3)14-9(8)5-12/h6-7H,4-5H2,1-3H3. The largest absolute Gasteiger partial charge is 0.462 e. The highest BCUT2D eigenvalue weighted by atomic mass is 35.5. The van der Waals surface area contributed by atoms with Crippen LogP contribution in [0.1, 0.15) is 48.6 Å². The lowest BCUT2D eigenvalue weighted by atomic mass is 10.2. The normalized spacial score (nSPS) is 10.6. The van der Waals surface area contributed by atoms with Crippen LogP contribution in [0.25, 0.3) is 0 Å². The maximum atomic E-state index is 11.5. The summed E-state index contributed by atoms with van der Waals surface area (Å²) in [6, 6.07) is 0. The number of rotatable bonds is 4. The maximum absolute atomic E-state index is 11.5. The zero-order chi connectivity index (χ0) is 12.1. The molecule has 0 aliphatic rings. The molecular formula is C11H15ClN2O2. The SMILES string of the molecule is CCOC(=O)c1cnc(C(C)C)nc1CCl. The van der Waals surface area contributed by atoms with Gasteiger partial charge in [0.25, 0.3) is 0 Å². The fraction of sp³-hybridized carbons (Fsp3) is 0.545. The minimum absolute atomic E-state index is 0.177. The highest BCUT2D eigenvalue weighted by Crippen LogP contribution is 2.14. The predicted octanol–water partition coefficient (Wildman–Crippen LogP) is 2.52. The Morgan fingerprint density at radius 2 is 2.25 bits per heavy atom. The van der Waals surface area contributed by atoms with E-state index in [0.29, 0.717) is 23.7 Å². The minimum Gasteiger partial charge on any atom is -0.462 e. The topological polar surface area (TPSA) is 52.1 Å². The molecule has 0 fully saturated rings.